The summed E-state index contributed by atoms with van der Waals surface area (Å²) in [4.78, 5) is 32.7. The van der Waals surface area contributed by atoms with E-state index in [1.807, 2.05) is 24.1 Å². The third-order valence-electron chi connectivity index (χ3n) is 8.90. The normalized spacial score (nSPS) is 17.4. The number of alkyl halides is 1. The summed E-state index contributed by atoms with van der Waals surface area (Å²) in [5.74, 6) is 0.617. The standard InChI is InChI=1S/C33H44Cl3FN4O2/c1-3-23(22-39(2)17-12-37)18-26-19-27(34)8-9-29(26)24-10-15-40(16-11-24)32(42)31(38-33(43)41-13-4-5-14-41)20-25-6-7-28(35)21-30(25)36/h6-9,19,21,23-24,31H,3-5,10-18,20,22H2,1-2H3,(H,38,43)/t23-,31-/m1/s1. The minimum Gasteiger partial charge on any atom is -0.341 e. The maximum atomic E-state index is 13.9. The van der Waals surface area contributed by atoms with Crippen molar-refractivity contribution >= 4 is 46.7 Å². The first-order valence-electron chi connectivity index (χ1n) is 15.5. The van der Waals surface area contributed by atoms with Gasteiger partial charge in [0.25, 0.3) is 0 Å². The highest BCUT2D eigenvalue weighted by Crippen LogP contribution is 2.34. The molecule has 2 heterocycles. The summed E-state index contributed by atoms with van der Waals surface area (Å²) in [6, 6.07) is 10.5. The van der Waals surface area contributed by atoms with E-state index in [-0.39, 0.29) is 18.6 Å². The van der Waals surface area contributed by atoms with Crippen LogP contribution in [0, 0.1) is 5.92 Å². The lowest BCUT2D eigenvalue weighted by atomic mass is 9.83. The molecule has 6 nitrogen and oxygen atoms in total. The van der Waals surface area contributed by atoms with Gasteiger partial charge in [0.1, 0.15) is 12.7 Å². The van der Waals surface area contributed by atoms with Crippen LogP contribution >= 0.6 is 34.8 Å². The highest BCUT2D eigenvalue weighted by atomic mass is 35.5. The number of carbonyl (C=O) groups excluding carboxylic acids is 2. The molecule has 2 atom stereocenters. The summed E-state index contributed by atoms with van der Waals surface area (Å²) in [7, 11) is 1.97. The zero-order chi connectivity index (χ0) is 30.9. The molecule has 2 saturated heterocycles. The molecule has 0 unspecified atom stereocenters. The quantitative estimate of drug-likeness (QED) is 0.263. The van der Waals surface area contributed by atoms with Crippen LogP contribution in [0.15, 0.2) is 36.4 Å². The topological polar surface area (TPSA) is 55.9 Å². The number of amides is 3. The molecule has 1 N–H and O–H groups in total. The van der Waals surface area contributed by atoms with Crippen molar-refractivity contribution in [1.82, 2.24) is 20.0 Å². The fourth-order valence-corrected chi connectivity index (χ4v) is 7.05. The summed E-state index contributed by atoms with van der Waals surface area (Å²) in [6.45, 7) is 5.72. The lowest BCUT2D eigenvalue weighted by molar-refractivity contribution is -0.134. The van der Waals surface area contributed by atoms with E-state index in [0.717, 1.165) is 55.7 Å². The molecule has 0 saturated carbocycles. The van der Waals surface area contributed by atoms with E-state index in [1.54, 1.807) is 17.0 Å². The molecule has 0 bridgehead atoms. The van der Waals surface area contributed by atoms with E-state index in [1.165, 1.54) is 11.1 Å². The van der Waals surface area contributed by atoms with E-state index >= 15 is 0 Å². The maximum Gasteiger partial charge on any atom is 0.318 e. The molecule has 2 fully saturated rings. The van der Waals surface area contributed by atoms with Crippen molar-refractivity contribution in [3.8, 4) is 0 Å². The molecule has 3 amide bonds. The van der Waals surface area contributed by atoms with Gasteiger partial charge in [0.05, 0.1) is 0 Å². The van der Waals surface area contributed by atoms with Crippen LogP contribution in [0.1, 0.15) is 61.6 Å². The monoisotopic (exact) mass is 652 g/mol. The zero-order valence-electron chi connectivity index (χ0n) is 25.3. The Hall–Kier alpha value is -2.06. The van der Waals surface area contributed by atoms with Crippen LogP contribution in [0.3, 0.4) is 0 Å². The molecule has 0 aromatic heterocycles. The van der Waals surface area contributed by atoms with Crippen molar-refractivity contribution in [1.29, 1.82) is 0 Å². The van der Waals surface area contributed by atoms with Gasteiger partial charge >= 0.3 is 6.03 Å². The van der Waals surface area contributed by atoms with Crippen molar-refractivity contribution in [2.75, 3.05) is 53.0 Å². The molecule has 10 heteroatoms. The van der Waals surface area contributed by atoms with Gasteiger partial charge in [-0.15, -0.1) is 0 Å². The molecule has 4 rings (SSSR count). The van der Waals surface area contributed by atoms with Gasteiger partial charge in [-0.1, -0.05) is 60.3 Å². The largest absolute Gasteiger partial charge is 0.341 e. The second kappa shape index (κ2) is 16.3. The molecule has 2 aliphatic heterocycles. The van der Waals surface area contributed by atoms with Gasteiger partial charge < -0.3 is 20.0 Å². The minimum atomic E-state index is -0.721. The number of hydrogen-bond acceptors (Lipinski definition) is 3. The first kappa shape index (κ1) is 33.8. The number of likely N-dealkylation sites (tertiary alicyclic amines) is 2. The molecule has 2 aliphatic rings. The molecule has 43 heavy (non-hydrogen) atoms. The maximum absolute atomic E-state index is 13.9. The Labute approximate surface area is 270 Å². The number of urea groups is 1. The Balaban J connectivity index is 1.45. The van der Waals surface area contributed by atoms with Gasteiger partial charge in [0.2, 0.25) is 5.91 Å². The Morgan fingerprint density at radius 1 is 0.953 bits per heavy atom. The third-order valence-corrected chi connectivity index (χ3v) is 9.72. The molecule has 0 spiro atoms. The van der Waals surface area contributed by atoms with Crippen molar-refractivity contribution in [3.63, 3.8) is 0 Å². The highest BCUT2D eigenvalue weighted by Gasteiger charge is 2.32. The minimum absolute atomic E-state index is 0.0877. The Kier molecular flexibility index (Phi) is 12.8. The Morgan fingerprint density at radius 3 is 2.28 bits per heavy atom. The summed E-state index contributed by atoms with van der Waals surface area (Å²) < 4.78 is 12.9. The average Bonchev–Trinajstić information content (AvgIpc) is 3.53. The number of benzene rings is 2. The van der Waals surface area contributed by atoms with Gasteiger partial charge in [-0.2, -0.15) is 0 Å². The van der Waals surface area contributed by atoms with E-state index in [2.05, 4.69) is 29.3 Å². The molecular formula is C33H44Cl3FN4O2. The SMILES string of the molecule is CC[C@H](Cc1cc(Cl)ccc1C1CCN(C(=O)[C@@H](Cc2ccc(Cl)cc2Cl)NC(=O)N2CCCC2)CC1)CN(C)CCF. The van der Waals surface area contributed by atoms with Crippen LogP contribution < -0.4 is 5.32 Å². The van der Waals surface area contributed by atoms with E-state index in [0.29, 0.717) is 61.0 Å². The highest BCUT2D eigenvalue weighted by molar-refractivity contribution is 6.35. The first-order chi connectivity index (χ1) is 20.7. The lowest BCUT2D eigenvalue weighted by Crippen LogP contribution is -2.54. The summed E-state index contributed by atoms with van der Waals surface area (Å²) in [6.07, 6.45) is 5.78. The van der Waals surface area contributed by atoms with Crippen LogP contribution in [-0.4, -0.2) is 85.7 Å². The van der Waals surface area contributed by atoms with E-state index in [9.17, 15) is 14.0 Å². The molecule has 0 radical (unpaired) electrons. The Morgan fingerprint density at radius 2 is 1.63 bits per heavy atom. The molecule has 2 aromatic carbocycles. The summed E-state index contributed by atoms with van der Waals surface area (Å²) in [5.41, 5.74) is 3.30. The fraction of sp³-hybridized carbons (Fsp3) is 0.576. The van der Waals surface area contributed by atoms with Crippen LogP contribution in [0.4, 0.5) is 9.18 Å². The first-order valence-corrected chi connectivity index (χ1v) is 16.6. The second-order valence-corrected chi connectivity index (χ2v) is 13.3. The van der Waals surface area contributed by atoms with Gasteiger partial charge in [-0.25, -0.2) is 9.18 Å². The molecule has 2 aromatic rings. The average molecular weight is 654 g/mol. The van der Waals surface area contributed by atoms with E-state index in [4.69, 9.17) is 34.8 Å². The van der Waals surface area contributed by atoms with Gasteiger partial charge in [0.15, 0.2) is 0 Å². The van der Waals surface area contributed by atoms with Crippen molar-refractivity contribution in [2.24, 2.45) is 5.92 Å². The smallest absolute Gasteiger partial charge is 0.318 e. The predicted molar refractivity (Wildman–Crippen MR) is 174 cm³/mol. The number of piperidine rings is 1. The second-order valence-electron chi connectivity index (χ2n) is 12.0. The van der Waals surface area contributed by atoms with Gasteiger partial charge in [-0.05, 0) is 91.9 Å². The Bertz CT molecular complexity index is 1230. The summed E-state index contributed by atoms with van der Waals surface area (Å²) >= 11 is 19.0. The third kappa shape index (κ3) is 9.46. The number of hydrogen-bond donors (Lipinski definition) is 1. The molecule has 0 aliphatic carbocycles. The van der Waals surface area contributed by atoms with Gasteiger partial charge in [0, 0.05) is 60.8 Å². The van der Waals surface area contributed by atoms with Crippen molar-refractivity contribution in [3.05, 3.63) is 68.2 Å². The number of nitrogens with one attached hydrogen (secondary N) is 1. The lowest BCUT2D eigenvalue weighted by Gasteiger charge is -2.36. The van der Waals surface area contributed by atoms with Crippen molar-refractivity contribution in [2.45, 2.75) is 63.8 Å². The predicted octanol–water partition coefficient (Wildman–Crippen LogP) is 7.24. The number of rotatable bonds is 12. The zero-order valence-corrected chi connectivity index (χ0v) is 27.5. The number of nitrogens with zero attached hydrogens (tertiary/aromatic N) is 3. The van der Waals surface area contributed by atoms with Crippen LogP contribution in [0.2, 0.25) is 15.1 Å². The van der Waals surface area contributed by atoms with Gasteiger partial charge in [-0.3, -0.25) is 4.79 Å². The number of halogens is 4. The van der Waals surface area contributed by atoms with E-state index < -0.39 is 6.04 Å². The van der Waals surface area contributed by atoms with Crippen LogP contribution in [-0.2, 0) is 17.6 Å². The number of carbonyl (C=O) groups is 2. The fourth-order valence-electron chi connectivity index (χ4n) is 6.37. The summed E-state index contributed by atoms with van der Waals surface area (Å²) in [5, 5.41) is 4.75. The van der Waals surface area contributed by atoms with Crippen LogP contribution in [0.5, 0.6) is 0 Å². The molecule has 236 valence electrons. The van der Waals surface area contributed by atoms with Crippen molar-refractivity contribution < 1.29 is 14.0 Å². The molecular weight excluding hydrogens is 610 g/mol. The van der Waals surface area contributed by atoms with Crippen LogP contribution in [0.25, 0.3) is 0 Å².